The highest BCUT2D eigenvalue weighted by molar-refractivity contribution is 14.1. The van der Waals surface area contributed by atoms with E-state index in [1.165, 1.54) is 0 Å². The van der Waals surface area contributed by atoms with Gasteiger partial charge < -0.3 is 4.74 Å². The topological polar surface area (TPSA) is 26.3 Å². The largest absolute Gasteiger partial charge is 0.452 e. The molecule has 0 fully saturated rings. The van der Waals surface area contributed by atoms with Crippen LogP contribution in [-0.2, 0) is 9.53 Å². The lowest BCUT2D eigenvalue weighted by atomic mass is 9.93. The van der Waals surface area contributed by atoms with E-state index in [0.717, 1.165) is 0 Å². The van der Waals surface area contributed by atoms with Gasteiger partial charge in [0.05, 0.1) is 6.42 Å². The molecule has 92 valence electrons. The molecule has 0 aromatic rings. The second-order valence-corrected chi connectivity index (χ2v) is 7.75. The van der Waals surface area contributed by atoms with Gasteiger partial charge in [-0.05, 0) is 34.9 Å². The van der Waals surface area contributed by atoms with Crippen molar-refractivity contribution in [1.29, 1.82) is 0 Å². The zero-order valence-electron chi connectivity index (χ0n) is 9.19. The summed E-state index contributed by atoms with van der Waals surface area (Å²) in [4.78, 5) is 11.0. The highest BCUT2D eigenvalue weighted by Gasteiger charge is 2.17. The third-order valence-corrected chi connectivity index (χ3v) is 1.22. The number of hydrogen-bond acceptors (Lipinski definition) is 2. The van der Waals surface area contributed by atoms with E-state index in [2.05, 4.69) is 22.6 Å². The standard InChI is InChI=1S/C8H15IO2.CHCl3/c1-6(9)11-7(10)5-8(2,3)4;2-1(3)4/h6H,5H2,1-4H3;1H. The second kappa shape index (κ2) is 9.14. The highest BCUT2D eigenvalue weighted by Crippen LogP contribution is 2.19. The van der Waals surface area contributed by atoms with Crippen molar-refractivity contribution < 1.29 is 9.53 Å². The molecule has 0 aromatic carbocycles. The van der Waals surface area contributed by atoms with Crippen LogP contribution in [-0.4, -0.2) is 14.4 Å². The summed E-state index contributed by atoms with van der Waals surface area (Å²) in [6, 6.07) is 0. The van der Waals surface area contributed by atoms with Crippen LogP contribution >= 0.6 is 57.4 Å². The Labute approximate surface area is 120 Å². The van der Waals surface area contributed by atoms with Crippen molar-refractivity contribution >= 4 is 63.4 Å². The van der Waals surface area contributed by atoms with E-state index in [4.69, 9.17) is 39.5 Å². The van der Waals surface area contributed by atoms with Crippen molar-refractivity contribution in [3.8, 4) is 0 Å². The quantitative estimate of drug-likeness (QED) is 0.388. The molecule has 15 heavy (non-hydrogen) atoms. The first kappa shape index (κ1) is 18.4. The number of carbonyl (C=O) groups is 1. The molecule has 1 unspecified atom stereocenters. The molecule has 0 heterocycles. The summed E-state index contributed by atoms with van der Waals surface area (Å²) in [6.07, 6.45) is 0.486. The lowest BCUT2D eigenvalue weighted by molar-refractivity contribution is -0.145. The Morgan fingerprint density at radius 1 is 1.33 bits per heavy atom. The average molecular weight is 389 g/mol. The van der Waals surface area contributed by atoms with Crippen molar-refractivity contribution in [2.45, 2.75) is 42.5 Å². The van der Waals surface area contributed by atoms with E-state index in [9.17, 15) is 4.79 Å². The Morgan fingerprint density at radius 2 is 1.67 bits per heavy atom. The van der Waals surface area contributed by atoms with Crippen molar-refractivity contribution in [1.82, 2.24) is 0 Å². The monoisotopic (exact) mass is 388 g/mol. The fraction of sp³-hybridized carbons (Fsp3) is 0.889. The number of halogens is 4. The Bertz CT molecular complexity index is 176. The molecule has 0 N–H and O–H groups in total. The average Bonchev–Trinajstić information content (AvgIpc) is 1.76. The maximum Gasteiger partial charge on any atom is 0.307 e. The van der Waals surface area contributed by atoms with Crippen LogP contribution in [0.1, 0.15) is 34.1 Å². The summed E-state index contributed by atoms with van der Waals surface area (Å²) in [6.45, 7) is 7.91. The van der Waals surface area contributed by atoms with Gasteiger partial charge in [0.2, 0.25) is 0 Å². The van der Waals surface area contributed by atoms with Gasteiger partial charge in [0, 0.05) is 0 Å². The zero-order chi connectivity index (χ0) is 12.6. The molecule has 1 atom stereocenters. The summed E-state index contributed by atoms with van der Waals surface area (Å²) in [5.41, 5.74) is 0.0304. The first-order chi connectivity index (χ1) is 6.54. The molecule has 0 aliphatic heterocycles. The smallest absolute Gasteiger partial charge is 0.307 e. The Morgan fingerprint density at radius 3 is 1.87 bits per heavy atom. The van der Waals surface area contributed by atoms with E-state index in [-0.39, 0.29) is 15.5 Å². The van der Waals surface area contributed by atoms with Gasteiger partial charge in [-0.15, -0.1) is 0 Å². The van der Waals surface area contributed by atoms with Gasteiger partial charge in [-0.2, -0.15) is 0 Å². The van der Waals surface area contributed by atoms with Gasteiger partial charge in [0.1, 0.15) is 4.11 Å². The van der Waals surface area contributed by atoms with Crippen molar-refractivity contribution in [3.63, 3.8) is 0 Å². The fourth-order valence-corrected chi connectivity index (χ4v) is 0.939. The third-order valence-electron chi connectivity index (χ3n) is 0.969. The molecule has 0 rings (SSSR count). The van der Waals surface area contributed by atoms with E-state index in [1.807, 2.05) is 27.7 Å². The normalized spacial score (nSPS) is 12.9. The summed E-state index contributed by atoms with van der Waals surface area (Å²) in [5.74, 6) is -0.112. The van der Waals surface area contributed by atoms with Gasteiger partial charge in [0.25, 0.3) is 0 Å². The van der Waals surface area contributed by atoms with E-state index in [0.29, 0.717) is 6.42 Å². The number of alkyl halides is 4. The Balaban J connectivity index is 0. The van der Waals surface area contributed by atoms with Crippen LogP contribution in [0.2, 0.25) is 0 Å². The van der Waals surface area contributed by atoms with Crippen molar-refractivity contribution in [2.24, 2.45) is 5.41 Å². The number of carbonyl (C=O) groups excluding carboxylic acids is 1. The molecule has 0 saturated carbocycles. The van der Waals surface area contributed by atoms with Crippen molar-refractivity contribution in [2.75, 3.05) is 0 Å². The van der Waals surface area contributed by atoms with Crippen LogP contribution < -0.4 is 0 Å². The molecular formula is C9H16Cl3IO2. The van der Waals surface area contributed by atoms with Crippen LogP contribution in [0.15, 0.2) is 0 Å². The van der Waals surface area contributed by atoms with Crippen LogP contribution in [0.3, 0.4) is 0 Å². The van der Waals surface area contributed by atoms with Gasteiger partial charge in [-0.3, -0.25) is 4.79 Å². The summed E-state index contributed by atoms with van der Waals surface area (Å²) in [5, 5.41) is 0. The van der Waals surface area contributed by atoms with Gasteiger partial charge in [-0.1, -0.05) is 55.6 Å². The number of rotatable bonds is 2. The molecule has 0 radical (unpaired) electrons. The minimum atomic E-state index is -0.750. The molecule has 6 heteroatoms. The Kier molecular flexibility index (Phi) is 11.2. The van der Waals surface area contributed by atoms with Gasteiger partial charge in [0.15, 0.2) is 4.30 Å². The fourth-order valence-electron chi connectivity index (χ4n) is 0.656. The second-order valence-electron chi connectivity index (χ2n) is 4.02. The maximum atomic E-state index is 11.0. The molecule has 0 amide bonds. The van der Waals surface area contributed by atoms with E-state index < -0.39 is 4.30 Å². The molecule has 0 aromatic heterocycles. The maximum absolute atomic E-state index is 11.0. The van der Waals surface area contributed by atoms with E-state index >= 15 is 0 Å². The van der Waals surface area contributed by atoms with Gasteiger partial charge >= 0.3 is 5.97 Å². The minimum Gasteiger partial charge on any atom is -0.452 e. The lowest BCUT2D eigenvalue weighted by Gasteiger charge is -2.17. The van der Waals surface area contributed by atoms with Gasteiger partial charge in [-0.25, -0.2) is 0 Å². The van der Waals surface area contributed by atoms with Crippen molar-refractivity contribution in [3.05, 3.63) is 0 Å². The first-order valence-electron chi connectivity index (χ1n) is 4.30. The molecule has 2 nitrogen and oxygen atoms in total. The van der Waals surface area contributed by atoms with Crippen LogP contribution in [0.4, 0.5) is 0 Å². The molecule has 0 aliphatic carbocycles. The zero-order valence-corrected chi connectivity index (χ0v) is 13.6. The molecule has 0 saturated heterocycles. The molecule has 0 aliphatic rings. The Hall–Kier alpha value is 1.07. The first-order valence-corrected chi connectivity index (χ1v) is 6.86. The van der Waals surface area contributed by atoms with E-state index in [1.54, 1.807) is 0 Å². The summed E-state index contributed by atoms with van der Waals surface area (Å²) in [7, 11) is 0. The molecular weight excluding hydrogens is 373 g/mol. The number of ether oxygens (including phenoxy) is 1. The van der Waals surface area contributed by atoms with Crippen LogP contribution in [0.5, 0.6) is 0 Å². The summed E-state index contributed by atoms with van der Waals surface area (Å²) < 4.78 is 4.20. The summed E-state index contributed by atoms with van der Waals surface area (Å²) >= 11 is 16.5. The minimum absolute atomic E-state index is 0.0255. The van der Waals surface area contributed by atoms with Crippen LogP contribution in [0, 0.1) is 5.41 Å². The number of hydrogen-bond donors (Lipinski definition) is 0. The molecule has 0 spiro atoms. The predicted octanol–water partition coefficient (Wildman–Crippen LogP) is 4.73. The molecule has 0 bridgehead atoms. The predicted molar refractivity (Wildman–Crippen MR) is 75.0 cm³/mol. The third kappa shape index (κ3) is 25.4. The van der Waals surface area contributed by atoms with Crippen LogP contribution in [0.25, 0.3) is 0 Å². The lowest BCUT2D eigenvalue weighted by Crippen LogP contribution is -2.17. The SMILES string of the molecule is CC(I)OC(=O)CC(C)(C)C.ClC(Cl)Cl. The highest BCUT2D eigenvalue weighted by atomic mass is 127. The number of esters is 1.